The molecule has 0 N–H and O–H groups in total. The average Bonchev–Trinajstić information content (AvgIpc) is 3.12. The molecule has 0 radical (unpaired) electrons. The Morgan fingerprint density at radius 3 is 0.867 bits per heavy atom. The molecule has 0 aliphatic heterocycles. The van der Waals surface area contributed by atoms with Crippen molar-refractivity contribution in [2.45, 2.75) is 0 Å². The molecule has 0 heterocycles. The third-order valence-corrected chi connectivity index (χ3v) is 24.2. The van der Waals surface area contributed by atoms with Crippen LogP contribution in [0.3, 0.4) is 0 Å². The zero-order valence-corrected chi connectivity index (χ0v) is 30.2. The second-order valence-electron chi connectivity index (χ2n) is 10.7. The molecule has 0 aliphatic carbocycles. The zero-order chi connectivity index (χ0) is 30.3. The monoisotopic (exact) mass is 808 g/mol. The van der Waals surface area contributed by atoms with Gasteiger partial charge in [-0.2, -0.15) is 0 Å². The first-order chi connectivity index (χ1) is 22.4. The minimum atomic E-state index is -2.91. The van der Waals surface area contributed by atoms with E-state index in [0.717, 1.165) is 0 Å². The zero-order valence-electron chi connectivity index (χ0n) is 24.9. The van der Waals surface area contributed by atoms with Crippen LogP contribution in [0.2, 0.25) is 0 Å². The van der Waals surface area contributed by atoms with E-state index in [1.165, 1.54) is 35.1 Å². The SMILES string of the molecule is c1ccc(P(c2ccccc2)c2cccc[c]2[Bi]([c]2ccccc2)[c]2ccccc2P(c2ccccc2)c2ccccc2)cc1. The van der Waals surface area contributed by atoms with Crippen LogP contribution >= 0.6 is 15.8 Å². The van der Waals surface area contributed by atoms with Crippen molar-refractivity contribution in [3.8, 4) is 0 Å². The van der Waals surface area contributed by atoms with Gasteiger partial charge in [-0.15, -0.1) is 0 Å². The molecule has 7 aromatic carbocycles. The maximum atomic E-state index is 2.46. The summed E-state index contributed by atoms with van der Waals surface area (Å²) in [7, 11) is -1.47. The quantitative estimate of drug-likeness (QED) is 0.130. The van der Waals surface area contributed by atoms with Gasteiger partial charge >= 0.3 is 279 Å². The van der Waals surface area contributed by atoms with E-state index in [1.54, 1.807) is 6.54 Å². The molecule has 0 nitrogen and oxygen atoms in total. The van der Waals surface area contributed by atoms with Crippen LogP contribution in [0.25, 0.3) is 0 Å². The van der Waals surface area contributed by atoms with Crippen molar-refractivity contribution in [3.05, 3.63) is 200 Å². The fraction of sp³-hybridized carbons (Fsp3) is 0. The van der Waals surface area contributed by atoms with Gasteiger partial charge in [0.05, 0.1) is 0 Å². The van der Waals surface area contributed by atoms with E-state index in [-0.39, 0.29) is 0 Å². The third kappa shape index (κ3) is 6.64. The van der Waals surface area contributed by atoms with Crippen LogP contribution < -0.4 is 41.6 Å². The number of hydrogen-bond donors (Lipinski definition) is 0. The normalized spacial score (nSPS) is 11.3. The van der Waals surface area contributed by atoms with Crippen molar-refractivity contribution in [1.29, 1.82) is 0 Å². The predicted molar refractivity (Wildman–Crippen MR) is 201 cm³/mol. The molecule has 0 saturated carbocycles. The molecule has 216 valence electrons. The maximum absolute atomic E-state index is 2.91. The molecule has 0 aromatic heterocycles. The van der Waals surface area contributed by atoms with Gasteiger partial charge in [0.1, 0.15) is 0 Å². The first-order valence-electron chi connectivity index (χ1n) is 15.2. The second-order valence-corrected chi connectivity index (χ2v) is 23.4. The van der Waals surface area contributed by atoms with Gasteiger partial charge < -0.3 is 0 Å². The fourth-order valence-corrected chi connectivity index (χ4v) is 23.8. The Labute approximate surface area is 277 Å². The van der Waals surface area contributed by atoms with Gasteiger partial charge in [0.15, 0.2) is 0 Å². The van der Waals surface area contributed by atoms with Gasteiger partial charge in [-0.05, 0) is 0 Å². The second kappa shape index (κ2) is 14.6. The van der Waals surface area contributed by atoms with Crippen molar-refractivity contribution in [3.63, 3.8) is 0 Å². The third-order valence-electron chi connectivity index (χ3n) is 7.80. The molecule has 0 bridgehead atoms. The number of rotatable bonds is 9. The molecule has 0 aliphatic rings. The van der Waals surface area contributed by atoms with Gasteiger partial charge in [0.25, 0.3) is 0 Å². The molecule has 45 heavy (non-hydrogen) atoms. The van der Waals surface area contributed by atoms with Crippen LogP contribution in [0, 0.1) is 0 Å². The summed E-state index contributed by atoms with van der Waals surface area (Å²) in [5.41, 5.74) is 0. The summed E-state index contributed by atoms with van der Waals surface area (Å²) in [6.45, 7) is 0. The van der Waals surface area contributed by atoms with Crippen LogP contribution in [0.5, 0.6) is 0 Å². The van der Waals surface area contributed by atoms with E-state index in [2.05, 4.69) is 200 Å². The summed E-state index contributed by atoms with van der Waals surface area (Å²) >= 11 is -2.91. The van der Waals surface area contributed by atoms with Crippen molar-refractivity contribution in [2.24, 2.45) is 0 Å². The van der Waals surface area contributed by atoms with Gasteiger partial charge in [-0.3, -0.25) is 0 Å². The summed E-state index contributed by atoms with van der Waals surface area (Å²) in [6, 6.07) is 74.8. The van der Waals surface area contributed by atoms with E-state index >= 15 is 0 Å². The van der Waals surface area contributed by atoms with Crippen molar-refractivity contribution < 1.29 is 0 Å². The summed E-state index contributed by atoms with van der Waals surface area (Å²) in [4.78, 5) is 0. The molecular weight excluding hydrogens is 775 g/mol. The van der Waals surface area contributed by atoms with Gasteiger partial charge in [0.2, 0.25) is 0 Å². The molecule has 0 saturated heterocycles. The van der Waals surface area contributed by atoms with E-state index < -0.39 is 37.6 Å². The van der Waals surface area contributed by atoms with Crippen molar-refractivity contribution in [2.75, 3.05) is 0 Å². The van der Waals surface area contributed by atoms with Crippen LogP contribution in [0.15, 0.2) is 200 Å². The average molecular weight is 809 g/mol. The van der Waals surface area contributed by atoms with Crippen LogP contribution in [0.4, 0.5) is 0 Å². The molecule has 0 amide bonds. The van der Waals surface area contributed by atoms with Crippen LogP contribution in [0.1, 0.15) is 0 Å². The predicted octanol–water partition coefficient (Wildman–Crippen LogP) is 5.72. The summed E-state index contributed by atoms with van der Waals surface area (Å²) in [5.74, 6) is 0. The molecule has 3 heteroatoms. The van der Waals surface area contributed by atoms with E-state index in [0.29, 0.717) is 0 Å². The summed E-state index contributed by atoms with van der Waals surface area (Å²) < 4.78 is 4.65. The Balaban J connectivity index is 1.49. The van der Waals surface area contributed by atoms with Gasteiger partial charge in [-0.25, -0.2) is 0 Å². The Kier molecular flexibility index (Phi) is 9.71. The van der Waals surface area contributed by atoms with Crippen molar-refractivity contribution in [1.82, 2.24) is 0 Å². The first-order valence-corrected chi connectivity index (χ1v) is 23.1. The van der Waals surface area contributed by atoms with Gasteiger partial charge in [0, 0.05) is 0 Å². The Morgan fingerprint density at radius 2 is 0.533 bits per heavy atom. The molecular formula is C42H33BiP2. The van der Waals surface area contributed by atoms with Gasteiger partial charge in [-0.1, -0.05) is 0 Å². The van der Waals surface area contributed by atoms with E-state index in [1.807, 2.05) is 0 Å². The Morgan fingerprint density at radius 1 is 0.267 bits per heavy atom. The first kappa shape index (κ1) is 30.0. The van der Waals surface area contributed by atoms with Crippen molar-refractivity contribution >= 4 is 79.2 Å². The summed E-state index contributed by atoms with van der Waals surface area (Å²) in [5, 5.41) is 8.56. The molecule has 0 fully saturated rings. The molecule has 0 spiro atoms. The van der Waals surface area contributed by atoms with E-state index in [9.17, 15) is 0 Å². The minimum absolute atomic E-state index is 0.736. The molecule has 7 aromatic rings. The van der Waals surface area contributed by atoms with E-state index in [4.69, 9.17) is 0 Å². The Hall–Kier alpha value is -3.72. The number of hydrogen-bond acceptors (Lipinski definition) is 0. The van der Waals surface area contributed by atoms with Crippen LogP contribution in [-0.2, 0) is 0 Å². The molecule has 7 rings (SSSR count). The standard InChI is InChI=1S/2C18H14P.C6H5.Bi/c2*1-4-10-16(11-5-1)19(17-12-6-2-7-13-17)18-14-8-3-9-15-18;1-2-4-6-5-3-1;/h2*1-14H;1-5H;. The Bertz CT molecular complexity index is 1740. The molecule has 0 unspecified atom stereocenters. The fourth-order valence-electron chi connectivity index (χ4n) is 5.83. The number of benzene rings is 7. The molecule has 0 atom stereocenters. The topological polar surface area (TPSA) is 0 Å². The van der Waals surface area contributed by atoms with Crippen LogP contribution in [-0.4, -0.2) is 21.8 Å². The summed E-state index contributed by atoms with van der Waals surface area (Å²) in [6.07, 6.45) is 0.